The minimum absolute atomic E-state index is 0.239. The number of aromatic nitrogens is 3. The quantitative estimate of drug-likeness (QED) is 0.233. The topological polar surface area (TPSA) is 109 Å². The summed E-state index contributed by atoms with van der Waals surface area (Å²) in [5, 5.41) is 1.56. The van der Waals surface area contributed by atoms with Gasteiger partial charge in [0.05, 0.1) is 29.0 Å². The average molecular weight is 583 g/mol. The van der Waals surface area contributed by atoms with E-state index >= 15 is 0 Å². The minimum atomic E-state index is -0.860. The number of rotatable bonds is 7. The predicted molar refractivity (Wildman–Crippen MR) is 148 cm³/mol. The van der Waals surface area contributed by atoms with Crippen LogP contribution >= 0.6 is 34.7 Å². The standard InChI is InChI=1S/C27H23ClN4O5S2/c1-14(2)36-25(34)22-15(3)31-27-32(23(22)18-12-16(28)6-8-19(18)35-4)24(33)20(38-27)13-17-7-9-21(37-17)39-26-29-10-5-11-30-26/h5-14,23H,1-4H3/b20-13-/t23-/m1/s1. The summed E-state index contributed by atoms with van der Waals surface area (Å²) in [7, 11) is 1.52. The summed E-state index contributed by atoms with van der Waals surface area (Å²) in [5.41, 5.74) is 0.884. The van der Waals surface area contributed by atoms with Gasteiger partial charge in [-0.25, -0.2) is 19.8 Å². The van der Waals surface area contributed by atoms with E-state index in [9.17, 15) is 9.59 Å². The molecule has 1 aliphatic heterocycles. The number of benzene rings is 1. The third-order valence-corrected chi connectivity index (χ3v) is 7.71. The third kappa shape index (κ3) is 5.56. The zero-order valence-electron chi connectivity index (χ0n) is 21.4. The normalized spacial score (nSPS) is 15.3. The highest BCUT2D eigenvalue weighted by atomic mass is 35.5. The van der Waals surface area contributed by atoms with E-state index in [4.69, 9.17) is 25.5 Å². The first kappa shape index (κ1) is 26.9. The molecule has 1 aromatic carbocycles. The summed E-state index contributed by atoms with van der Waals surface area (Å²) in [6, 6.07) is 9.49. The number of hydrogen-bond donors (Lipinski definition) is 0. The van der Waals surface area contributed by atoms with Crippen molar-refractivity contribution in [2.75, 3.05) is 7.11 Å². The molecule has 200 valence electrons. The van der Waals surface area contributed by atoms with E-state index in [1.165, 1.54) is 34.8 Å². The van der Waals surface area contributed by atoms with Crippen LogP contribution in [0.4, 0.5) is 0 Å². The molecule has 39 heavy (non-hydrogen) atoms. The van der Waals surface area contributed by atoms with Crippen molar-refractivity contribution in [3.05, 3.63) is 96.1 Å². The van der Waals surface area contributed by atoms with Gasteiger partial charge in [0.2, 0.25) is 0 Å². The van der Waals surface area contributed by atoms with Crippen LogP contribution in [0.25, 0.3) is 6.08 Å². The molecule has 5 rings (SSSR count). The van der Waals surface area contributed by atoms with Crippen LogP contribution < -0.4 is 19.6 Å². The first-order valence-corrected chi connectivity index (χ1v) is 13.9. The second kappa shape index (κ2) is 11.2. The lowest BCUT2D eigenvalue weighted by Gasteiger charge is -2.26. The molecule has 0 saturated heterocycles. The Morgan fingerprint density at radius 2 is 2.00 bits per heavy atom. The van der Waals surface area contributed by atoms with Gasteiger partial charge in [0, 0.05) is 29.1 Å². The molecule has 4 aromatic rings. The van der Waals surface area contributed by atoms with Gasteiger partial charge in [-0.3, -0.25) is 9.36 Å². The largest absolute Gasteiger partial charge is 0.496 e. The van der Waals surface area contributed by atoms with Gasteiger partial charge in [0.15, 0.2) is 15.1 Å². The minimum Gasteiger partial charge on any atom is -0.496 e. The third-order valence-electron chi connectivity index (χ3n) is 5.68. The van der Waals surface area contributed by atoms with E-state index < -0.39 is 12.0 Å². The summed E-state index contributed by atoms with van der Waals surface area (Å²) in [6.07, 6.45) is 4.59. The zero-order chi connectivity index (χ0) is 27.7. The van der Waals surface area contributed by atoms with Gasteiger partial charge in [-0.15, -0.1) is 0 Å². The van der Waals surface area contributed by atoms with Crippen molar-refractivity contribution in [1.82, 2.24) is 14.5 Å². The van der Waals surface area contributed by atoms with Gasteiger partial charge < -0.3 is 13.9 Å². The highest BCUT2D eigenvalue weighted by Crippen LogP contribution is 2.37. The fourth-order valence-electron chi connectivity index (χ4n) is 4.10. The maximum atomic E-state index is 13.8. The van der Waals surface area contributed by atoms with E-state index in [-0.39, 0.29) is 17.2 Å². The number of hydrogen-bond acceptors (Lipinski definition) is 10. The molecule has 12 heteroatoms. The SMILES string of the molecule is COc1ccc(Cl)cc1[C@@H]1C(C(=O)OC(C)C)=C(C)N=c2s/c(=C\c3ccc(Sc4ncccn4)o3)c(=O)n21. The lowest BCUT2D eigenvalue weighted by Crippen LogP contribution is -2.40. The Hall–Kier alpha value is -3.67. The van der Waals surface area contributed by atoms with Crippen molar-refractivity contribution >= 4 is 46.7 Å². The molecular weight excluding hydrogens is 560 g/mol. The van der Waals surface area contributed by atoms with Crippen LogP contribution in [0.5, 0.6) is 5.75 Å². The van der Waals surface area contributed by atoms with E-state index in [0.717, 1.165) is 0 Å². The fraction of sp³-hybridized carbons (Fsp3) is 0.222. The van der Waals surface area contributed by atoms with Crippen molar-refractivity contribution < 1.29 is 18.7 Å². The molecule has 1 aliphatic rings. The maximum absolute atomic E-state index is 13.8. The molecule has 0 radical (unpaired) electrons. The summed E-state index contributed by atoms with van der Waals surface area (Å²) >= 11 is 8.82. The van der Waals surface area contributed by atoms with Crippen molar-refractivity contribution in [3.63, 3.8) is 0 Å². The predicted octanol–water partition coefficient (Wildman–Crippen LogP) is 4.38. The van der Waals surface area contributed by atoms with Crippen LogP contribution in [-0.2, 0) is 9.53 Å². The maximum Gasteiger partial charge on any atom is 0.338 e. The molecule has 0 amide bonds. The molecule has 3 aromatic heterocycles. The highest BCUT2D eigenvalue weighted by molar-refractivity contribution is 7.99. The second-order valence-corrected chi connectivity index (χ2v) is 11.1. The summed E-state index contributed by atoms with van der Waals surface area (Å²) in [5.74, 6) is 0.383. The Labute approximate surface area is 236 Å². The van der Waals surface area contributed by atoms with Gasteiger partial charge in [0.25, 0.3) is 5.56 Å². The van der Waals surface area contributed by atoms with Gasteiger partial charge in [0.1, 0.15) is 17.6 Å². The van der Waals surface area contributed by atoms with Gasteiger partial charge in [-0.2, -0.15) is 0 Å². The molecule has 9 nitrogen and oxygen atoms in total. The number of allylic oxidation sites excluding steroid dienone is 1. The number of methoxy groups -OCH3 is 1. The van der Waals surface area contributed by atoms with Crippen LogP contribution in [-0.4, -0.2) is 33.7 Å². The Kier molecular flexibility index (Phi) is 7.74. The number of carbonyl (C=O) groups excluding carboxylic acids is 1. The highest BCUT2D eigenvalue weighted by Gasteiger charge is 2.35. The van der Waals surface area contributed by atoms with Crippen LogP contribution in [0.1, 0.15) is 38.1 Å². The van der Waals surface area contributed by atoms with E-state index in [1.807, 2.05) is 0 Å². The zero-order valence-corrected chi connectivity index (χ0v) is 23.8. The summed E-state index contributed by atoms with van der Waals surface area (Å²) in [6.45, 7) is 5.25. The van der Waals surface area contributed by atoms with Crippen LogP contribution in [0.15, 0.2) is 84.5 Å². The number of furan rings is 1. The Morgan fingerprint density at radius 3 is 2.72 bits per heavy atom. The Bertz CT molecular complexity index is 1760. The number of fused-ring (bicyclic) bond motifs is 1. The summed E-state index contributed by atoms with van der Waals surface area (Å²) < 4.78 is 18.9. The first-order chi connectivity index (χ1) is 18.7. The summed E-state index contributed by atoms with van der Waals surface area (Å²) in [4.78, 5) is 40.6. The molecule has 0 unspecified atom stereocenters. The van der Waals surface area contributed by atoms with E-state index in [0.29, 0.717) is 47.4 Å². The Morgan fingerprint density at radius 1 is 1.23 bits per heavy atom. The van der Waals surface area contributed by atoms with Crippen LogP contribution in [0.2, 0.25) is 5.02 Å². The van der Waals surface area contributed by atoms with Gasteiger partial charge in [-0.05, 0) is 68.9 Å². The molecule has 0 bridgehead atoms. The van der Waals surface area contributed by atoms with E-state index in [2.05, 4.69) is 15.0 Å². The van der Waals surface area contributed by atoms with Crippen molar-refractivity contribution in [1.29, 1.82) is 0 Å². The molecule has 0 N–H and O–H groups in total. The number of carbonyl (C=O) groups is 1. The van der Waals surface area contributed by atoms with E-state index in [1.54, 1.807) is 75.6 Å². The molecule has 0 saturated carbocycles. The van der Waals surface area contributed by atoms with Crippen molar-refractivity contribution in [3.8, 4) is 5.75 Å². The Balaban J connectivity index is 1.63. The molecular formula is C27H23ClN4O5S2. The number of halogens is 1. The number of thiazole rings is 1. The molecule has 4 heterocycles. The molecule has 0 fully saturated rings. The monoisotopic (exact) mass is 582 g/mol. The molecule has 1 atom stereocenters. The van der Waals surface area contributed by atoms with Crippen LogP contribution in [0.3, 0.4) is 0 Å². The average Bonchev–Trinajstić information content (AvgIpc) is 3.46. The van der Waals surface area contributed by atoms with Crippen molar-refractivity contribution in [2.24, 2.45) is 4.99 Å². The lowest BCUT2D eigenvalue weighted by atomic mass is 9.95. The smallest absolute Gasteiger partial charge is 0.338 e. The molecule has 0 aliphatic carbocycles. The number of ether oxygens (including phenoxy) is 2. The number of esters is 1. The lowest BCUT2D eigenvalue weighted by molar-refractivity contribution is -0.143. The van der Waals surface area contributed by atoms with Gasteiger partial charge in [-0.1, -0.05) is 22.9 Å². The van der Waals surface area contributed by atoms with Crippen LogP contribution in [0, 0.1) is 0 Å². The first-order valence-electron chi connectivity index (χ1n) is 11.9. The molecule has 0 spiro atoms. The fourth-order valence-corrected chi connectivity index (χ4v) is 5.99. The second-order valence-electron chi connectivity index (χ2n) is 8.71. The number of nitrogens with zero attached hydrogens (tertiary/aromatic N) is 4. The van der Waals surface area contributed by atoms with Crippen molar-refractivity contribution in [2.45, 2.75) is 43.2 Å². The van der Waals surface area contributed by atoms with Gasteiger partial charge >= 0.3 is 5.97 Å².